The predicted octanol–water partition coefficient (Wildman–Crippen LogP) is -5.75. The van der Waals surface area contributed by atoms with Crippen molar-refractivity contribution in [1.29, 1.82) is 0 Å². The molecule has 0 rings (SSSR count). The van der Waals surface area contributed by atoms with Gasteiger partial charge in [0.25, 0.3) is 0 Å². The first-order valence-electron chi connectivity index (χ1n) is 0.309. The van der Waals surface area contributed by atoms with Crippen molar-refractivity contribution in [3.05, 3.63) is 0 Å². The van der Waals surface area contributed by atoms with Crippen molar-refractivity contribution < 1.29 is 50.2 Å². The van der Waals surface area contributed by atoms with Crippen LogP contribution >= 0.6 is 0 Å². The summed E-state index contributed by atoms with van der Waals surface area (Å²) in [4.78, 5) is 0. The van der Waals surface area contributed by atoms with E-state index < -0.39 is 11.3 Å². The summed E-state index contributed by atoms with van der Waals surface area (Å²) >= 11 is -0.417. The largest absolute Gasteiger partial charge is 1.00 e. The molecule has 5 heteroatoms. The fraction of sp³-hybridized carbons (Fsp3) is 0. The smallest absolute Gasteiger partial charge is 0.544 e. The van der Waals surface area contributed by atoms with E-state index in [4.69, 9.17) is 9.32 Å². The van der Waals surface area contributed by atoms with Gasteiger partial charge in [-0.25, -0.2) is 0 Å². The van der Waals surface area contributed by atoms with Gasteiger partial charge in [-0.2, -0.15) is 0 Å². The van der Waals surface area contributed by atoms with E-state index in [1.807, 2.05) is 0 Å². The van der Waals surface area contributed by atoms with E-state index >= 15 is 0 Å². The van der Waals surface area contributed by atoms with E-state index in [2.05, 4.69) is 0 Å². The molecule has 0 aliphatic carbocycles. The number of hydrogen-bond donors (Lipinski definition) is 0. The molecule has 0 amide bonds. The summed E-state index contributed by atoms with van der Waals surface area (Å²) in [6.45, 7) is 0. The second-order valence-electron chi connectivity index (χ2n) is 0.0630. The van der Waals surface area contributed by atoms with Gasteiger partial charge < -0.3 is 9.32 Å². The van der Waals surface area contributed by atoms with Crippen LogP contribution in [0.25, 0.3) is 0 Å². The molecule has 0 aromatic rings. The van der Waals surface area contributed by atoms with E-state index in [0.717, 1.165) is 0 Å². The molecule has 21 valence electrons. The molecule has 0 bridgehead atoms. The summed E-state index contributed by atoms with van der Waals surface area (Å²) in [6, 6.07) is 0. The molecule has 1 radical (unpaired) electrons. The molecule has 0 unspecified atom stereocenters. The molecule has 0 atom stereocenters. The Bertz CT molecular complexity index is 7.61. The summed E-state index contributed by atoms with van der Waals surface area (Å²) in [5, 5.41) is 0. The van der Waals surface area contributed by atoms with Crippen LogP contribution in [0.1, 0.15) is 0 Å². The predicted molar refractivity (Wildman–Crippen MR) is 5.75 cm³/mol. The van der Waals surface area contributed by atoms with Crippen molar-refractivity contribution in [2.75, 3.05) is 0 Å². The number of halogens is 1. The number of hydrogen-bond acceptors (Lipinski definition) is 2. The minimum Gasteiger partial charge on any atom is -0.544 e. The maximum absolute atomic E-state index is 8.24. The molecular weight excluding hydrogens is 113 g/mol. The number of rotatable bonds is 0. The fourth-order valence-electron chi connectivity index (χ4n) is 0. The second kappa shape index (κ2) is 16.4. The van der Waals surface area contributed by atoms with Crippen molar-refractivity contribution in [3.8, 4) is 0 Å². The van der Waals surface area contributed by atoms with Crippen LogP contribution in [0.15, 0.2) is 0 Å². The quantitative estimate of drug-likeness (QED) is 0.294. The third-order valence-electron chi connectivity index (χ3n) is 0. The van der Waals surface area contributed by atoms with Gasteiger partial charge in [-0.05, 0) is 0 Å². The molecule has 0 aliphatic heterocycles. The van der Waals surface area contributed by atoms with Crippen molar-refractivity contribution >= 4 is 29.6 Å². The Morgan fingerprint density at radius 3 is 1.20 bits per heavy atom. The second-order valence-corrected chi connectivity index (χ2v) is 0.189. The fourth-order valence-corrected chi connectivity index (χ4v) is 0. The third kappa shape index (κ3) is 22.5. The minimum atomic E-state index is -0.417. The van der Waals surface area contributed by atoms with Gasteiger partial charge in [0.1, 0.15) is 0 Å². The maximum Gasteiger partial charge on any atom is 1.00 e. The first-order chi connectivity index (χ1) is 1.41. The van der Waals surface area contributed by atoms with Crippen molar-refractivity contribution in [3.63, 3.8) is 0 Å². The standard InChI is InChI=1S/ClO2.2Na/c2-1-3;;/q-1;;+1. The summed E-state index contributed by atoms with van der Waals surface area (Å²) in [5.41, 5.74) is 0. The van der Waals surface area contributed by atoms with Crippen molar-refractivity contribution in [1.82, 2.24) is 0 Å². The average molecular weight is 113 g/mol. The van der Waals surface area contributed by atoms with E-state index in [9.17, 15) is 0 Å². The Hall–Kier alpha value is 2.21. The topological polar surface area (TPSA) is 46.1 Å². The van der Waals surface area contributed by atoms with Gasteiger partial charge in [-0.15, -0.1) is 0 Å². The monoisotopic (exact) mass is 113 g/mol. The zero-order chi connectivity index (χ0) is 2.71. The summed E-state index contributed by atoms with van der Waals surface area (Å²) in [5.74, 6) is 0. The van der Waals surface area contributed by atoms with E-state index in [1.54, 1.807) is 0 Å². The van der Waals surface area contributed by atoms with Gasteiger partial charge in [0, 0.05) is 29.6 Å². The normalized spacial score (nSPS) is 3.60. The van der Waals surface area contributed by atoms with Gasteiger partial charge in [-0.1, -0.05) is 0 Å². The first kappa shape index (κ1) is 15.7. The van der Waals surface area contributed by atoms with Gasteiger partial charge in [0.2, 0.25) is 0 Å². The molecule has 0 saturated heterocycles. The van der Waals surface area contributed by atoms with Crippen LogP contribution in [-0.2, 0) is 0 Å². The molecule has 0 spiro atoms. The molecule has 0 N–H and O–H groups in total. The maximum atomic E-state index is 8.24. The van der Waals surface area contributed by atoms with Crippen LogP contribution in [0.4, 0.5) is 0 Å². The Morgan fingerprint density at radius 2 is 1.20 bits per heavy atom. The summed E-state index contributed by atoms with van der Waals surface area (Å²) in [7, 11) is 0. The Morgan fingerprint density at radius 1 is 1.20 bits per heavy atom. The third-order valence-corrected chi connectivity index (χ3v) is 0. The zero-order valence-corrected chi connectivity index (χ0v) is 7.95. The van der Waals surface area contributed by atoms with E-state index in [-0.39, 0.29) is 59.1 Å². The van der Waals surface area contributed by atoms with E-state index in [1.165, 1.54) is 0 Å². The minimum absolute atomic E-state index is 0. The molecule has 0 saturated carbocycles. The molecule has 0 fully saturated rings. The zero-order valence-electron chi connectivity index (χ0n) is 3.19. The molecule has 0 heterocycles. The van der Waals surface area contributed by atoms with Crippen LogP contribution < -0.4 is 38.9 Å². The first-order valence-corrected chi connectivity index (χ1v) is 0.926. The van der Waals surface area contributed by atoms with Crippen LogP contribution in [0.2, 0.25) is 0 Å². The van der Waals surface area contributed by atoms with Crippen LogP contribution in [0, 0.1) is 11.3 Å². The summed E-state index contributed by atoms with van der Waals surface area (Å²) < 4.78 is 16.5. The molecule has 5 heavy (non-hydrogen) atoms. The van der Waals surface area contributed by atoms with Crippen molar-refractivity contribution in [2.45, 2.75) is 0 Å². The molecule has 0 aliphatic rings. The molecule has 0 aromatic heterocycles. The van der Waals surface area contributed by atoms with Gasteiger partial charge in [0.15, 0.2) is 0 Å². The molecule has 2 nitrogen and oxygen atoms in total. The van der Waals surface area contributed by atoms with Gasteiger partial charge in [-0.3, -0.25) is 0 Å². The molecule has 0 aromatic carbocycles. The molecular formula is ClNa2O2. The average Bonchev–Trinajstić information content (AvgIpc) is 0.918. The van der Waals surface area contributed by atoms with Crippen LogP contribution in [0.3, 0.4) is 0 Å². The van der Waals surface area contributed by atoms with Crippen LogP contribution in [-0.4, -0.2) is 29.6 Å². The Balaban J connectivity index is -0.0000000200. The Kier molecular flexibility index (Phi) is 51.3. The van der Waals surface area contributed by atoms with E-state index in [0.29, 0.717) is 0 Å². The van der Waals surface area contributed by atoms with Gasteiger partial charge >= 0.3 is 29.6 Å². The van der Waals surface area contributed by atoms with Gasteiger partial charge in [0.05, 0.1) is 11.3 Å². The SMILES string of the molecule is [Na+].[Na].[O-][Cl+][O-]. The Labute approximate surface area is 78.6 Å². The van der Waals surface area contributed by atoms with Crippen LogP contribution in [0.5, 0.6) is 0 Å². The summed E-state index contributed by atoms with van der Waals surface area (Å²) in [6.07, 6.45) is 0. The van der Waals surface area contributed by atoms with Crippen molar-refractivity contribution in [2.24, 2.45) is 0 Å².